The monoisotopic (exact) mass is 220 g/mol. The maximum absolute atomic E-state index is 11.5. The van der Waals surface area contributed by atoms with Gasteiger partial charge < -0.3 is 11.1 Å². The Morgan fingerprint density at radius 2 is 2.38 bits per heavy atom. The maximum atomic E-state index is 11.5. The first-order valence-electron chi connectivity index (χ1n) is 4.34. The number of rotatable bonds is 3. The lowest BCUT2D eigenvalue weighted by molar-refractivity contribution is 0.0944. The summed E-state index contributed by atoms with van der Waals surface area (Å²) in [5.74, 6) is 0.169. The summed E-state index contributed by atoms with van der Waals surface area (Å²) in [5.41, 5.74) is 5.54. The molecule has 4 N–H and O–H groups in total. The van der Waals surface area contributed by atoms with E-state index in [9.17, 15) is 4.79 Å². The van der Waals surface area contributed by atoms with Crippen molar-refractivity contribution in [2.24, 2.45) is 0 Å². The first-order chi connectivity index (χ1) is 7.75. The van der Waals surface area contributed by atoms with E-state index in [0.717, 1.165) is 0 Å². The van der Waals surface area contributed by atoms with Crippen molar-refractivity contribution < 1.29 is 4.79 Å². The van der Waals surface area contributed by atoms with Crippen molar-refractivity contribution in [1.29, 1.82) is 0 Å². The Morgan fingerprint density at radius 1 is 1.50 bits per heavy atom. The van der Waals surface area contributed by atoms with E-state index < -0.39 is 5.91 Å². The molecule has 0 unspecified atom stereocenters. The molecule has 2 rings (SSSR count). The van der Waals surface area contributed by atoms with E-state index in [1.54, 1.807) is 0 Å². The number of carbonyl (C=O) groups is 1. The van der Waals surface area contributed by atoms with Crippen LogP contribution in [0.4, 0.5) is 5.82 Å². The molecule has 0 aliphatic rings. The number of nitrogens with zero attached hydrogens (tertiary/aromatic N) is 5. The van der Waals surface area contributed by atoms with Crippen LogP contribution in [0.2, 0.25) is 0 Å². The van der Waals surface area contributed by atoms with Crippen LogP contribution in [0.3, 0.4) is 0 Å². The molecule has 2 heterocycles. The number of nitrogen functional groups attached to an aromatic ring is 1. The van der Waals surface area contributed by atoms with Crippen molar-refractivity contribution in [3.05, 3.63) is 23.9 Å². The highest BCUT2D eigenvalue weighted by Gasteiger charge is 2.08. The Kier molecular flexibility index (Phi) is 2.67. The standard InChI is InChI=1S/C7H8N8O/c8-5-2-9-1-4(11-5)7(16)10-3-6-12-14-15-13-6/h1-2H,3H2,(H2,8,11)(H,10,16)(H,12,13,14,15). The normalized spacial score (nSPS) is 10.0. The molecule has 82 valence electrons. The molecule has 0 fully saturated rings. The predicted octanol–water partition coefficient (Wildman–Crippen LogP) is -1.50. The molecule has 0 spiro atoms. The summed E-state index contributed by atoms with van der Waals surface area (Å²) < 4.78 is 0. The van der Waals surface area contributed by atoms with Gasteiger partial charge in [-0.1, -0.05) is 5.21 Å². The lowest BCUT2D eigenvalue weighted by Crippen LogP contribution is -2.24. The lowest BCUT2D eigenvalue weighted by Gasteiger charge is -2.01. The SMILES string of the molecule is Nc1cncc(C(=O)NCc2nn[nH]n2)n1. The van der Waals surface area contributed by atoms with E-state index in [2.05, 4.69) is 35.9 Å². The van der Waals surface area contributed by atoms with Gasteiger partial charge in [0.05, 0.1) is 18.9 Å². The summed E-state index contributed by atoms with van der Waals surface area (Å²) in [5, 5.41) is 15.5. The molecule has 1 amide bonds. The molecule has 0 bridgehead atoms. The zero-order chi connectivity index (χ0) is 11.4. The third-order valence-corrected chi connectivity index (χ3v) is 1.68. The molecule has 0 saturated heterocycles. The van der Waals surface area contributed by atoms with Crippen LogP contribution in [0.1, 0.15) is 16.3 Å². The average Bonchev–Trinajstić information content (AvgIpc) is 2.78. The van der Waals surface area contributed by atoms with Crippen molar-refractivity contribution in [2.45, 2.75) is 6.54 Å². The van der Waals surface area contributed by atoms with Gasteiger partial charge in [-0.15, -0.1) is 10.2 Å². The lowest BCUT2D eigenvalue weighted by atomic mass is 10.4. The molecule has 0 aliphatic carbocycles. The van der Waals surface area contributed by atoms with Crippen LogP contribution in [0.25, 0.3) is 0 Å². The number of nitrogens with one attached hydrogen (secondary N) is 2. The van der Waals surface area contributed by atoms with E-state index in [0.29, 0.717) is 5.82 Å². The number of hydrogen-bond donors (Lipinski definition) is 3. The summed E-state index contributed by atoms with van der Waals surface area (Å²) in [6.45, 7) is 0.159. The quantitative estimate of drug-likeness (QED) is 0.572. The number of hydrogen-bond acceptors (Lipinski definition) is 7. The van der Waals surface area contributed by atoms with Gasteiger partial charge in [0.2, 0.25) is 0 Å². The second-order valence-corrected chi connectivity index (χ2v) is 2.84. The number of tetrazole rings is 1. The van der Waals surface area contributed by atoms with Crippen molar-refractivity contribution in [3.8, 4) is 0 Å². The van der Waals surface area contributed by atoms with Gasteiger partial charge in [-0.3, -0.25) is 9.78 Å². The zero-order valence-electron chi connectivity index (χ0n) is 8.08. The predicted molar refractivity (Wildman–Crippen MR) is 51.8 cm³/mol. The van der Waals surface area contributed by atoms with Crippen LogP contribution in [0.15, 0.2) is 12.4 Å². The molecule has 16 heavy (non-hydrogen) atoms. The number of H-pyrrole nitrogens is 1. The first kappa shape index (κ1) is 9.96. The molecule has 2 aromatic heterocycles. The van der Waals surface area contributed by atoms with E-state index in [-0.39, 0.29) is 18.1 Å². The molecular weight excluding hydrogens is 212 g/mol. The van der Waals surface area contributed by atoms with E-state index in [1.807, 2.05) is 0 Å². The van der Waals surface area contributed by atoms with Crippen molar-refractivity contribution in [3.63, 3.8) is 0 Å². The minimum absolute atomic E-state index is 0.142. The Hall–Kier alpha value is -2.58. The molecule has 2 aromatic rings. The number of nitrogens with two attached hydrogens (primary N) is 1. The summed E-state index contributed by atoms with van der Waals surface area (Å²) in [6, 6.07) is 0. The summed E-state index contributed by atoms with van der Waals surface area (Å²) in [7, 11) is 0. The van der Waals surface area contributed by atoms with Crippen LogP contribution in [-0.2, 0) is 6.54 Å². The van der Waals surface area contributed by atoms with Gasteiger partial charge in [-0.05, 0) is 0 Å². The fourth-order valence-corrected chi connectivity index (χ4v) is 0.998. The zero-order valence-corrected chi connectivity index (χ0v) is 8.08. The van der Waals surface area contributed by atoms with Crippen molar-refractivity contribution in [1.82, 2.24) is 35.9 Å². The first-order valence-corrected chi connectivity index (χ1v) is 4.34. The van der Waals surface area contributed by atoms with Gasteiger partial charge in [0.15, 0.2) is 5.82 Å². The fraction of sp³-hybridized carbons (Fsp3) is 0.143. The number of aromatic nitrogens is 6. The van der Waals surface area contributed by atoms with Gasteiger partial charge in [0.1, 0.15) is 11.5 Å². The number of carbonyl (C=O) groups excluding carboxylic acids is 1. The Balaban J connectivity index is 1.98. The number of aromatic amines is 1. The topological polar surface area (TPSA) is 135 Å². The van der Waals surface area contributed by atoms with Crippen LogP contribution >= 0.6 is 0 Å². The summed E-state index contributed by atoms with van der Waals surface area (Å²) in [4.78, 5) is 19.1. The molecule has 0 atom stereocenters. The highest BCUT2D eigenvalue weighted by molar-refractivity contribution is 5.92. The minimum atomic E-state index is -0.399. The highest BCUT2D eigenvalue weighted by atomic mass is 16.1. The largest absolute Gasteiger partial charge is 0.382 e. The second kappa shape index (κ2) is 4.29. The average molecular weight is 220 g/mol. The molecule has 0 aromatic carbocycles. The highest BCUT2D eigenvalue weighted by Crippen LogP contribution is 1.97. The van der Waals surface area contributed by atoms with Gasteiger partial charge in [0, 0.05) is 0 Å². The van der Waals surface area contributed by atoms with E-state index >= 15 is 0 Å². The van der Waals surface area contributed by atoms with Gasteiger partial charge in [0.25, 0.3) is 5.91 Å². The Labute approximate surface area is 89.5 Å². The molecule has 0 aliphatic heterocycles. The molecule has 9 nitrogen and oxygen atoms in total. The Morgan fingerprint density at radius 3 is 3.06 bits per heavy atom. The molecule has 0 saturated carbocycles. The van der Waals surface area contributed by atoms with Gasteiger partial charge in [-0.25, -0.2) is 4.98 Å². The molecular formula is C7H8N8O. The van der Waals surface area contributed by atoms with Crippen LogP contribution in [0.5, 0.6) is 0 Å². The van der Waals surface area contributed by atoms with Crippen molar-refractivity contribution >= 4 is 11.7 Å². The van der Waals surface area contributed by atoms with Gasteiger partial charge >= 0.3 is 0 Å². The number of amides is 1. The third kappa shape index (κ3) is 2.26. The van der Waals surface area contributed by atoms with Crippen LogP contribution in [0, 0.1) is 0 Å². The van der Waals surface area contributed by atoms with E-state index in [1.165, 1.54) is 12.4 Å². The van der Waals surface area contributed by atoms with Gasteiger partial charge in [-0.2, -0.15) is 5.21 Å². The molecule has 9 heteroatoms. The van der Waals surface area contributed by atoms with Crippen molar-refractivity contribution in [2.75, 3.05) is 5.73 Å². The van der Waals surface area contributed by atoms with E-state index in [4.69, 9.17) is 5.73 Å². The second-order valence-electron chi connectivity index (χ2n) is 2.84. The Bertz CT molecular complexity index is 481. The summed E-state index contributed by atoms with van der Waals surface area (Å²) in [6.07, 6.45) is 2.68. The smallest absolute Gasteiger partial charge is 0.271 e. The minimum Gasteiger partial charge on any atom is -0.382 e. The fourth-order valence-electron chi connectivity index (χ4n) is 0.998. The maximum Gasteiger partial charge on any atom is 0.271 e. The number of anilines is 1. The van der Waals surface area contributed by atoms with Crippen LogP contribution in [-0.4, -0.2) is 36.5 Å². The molecule has 0 radical (unpaired) electrons. The van der Waals surface area contributed by atoms with Crippen LogP contribution < -0.4 is 11.1 Å². The summed E-state index contributed by atoms with van der Waals surface area (Å²) >= 11 is 0. The third-order valence-electron chi connectivity index (χ3n) is 1.68.